The zero-order valence-corrected chi connectivity index (χ0v) is 13.7. The van der Waals surface area contributed by atoms with Crippen molar-refractivity contribution < 1.29 is 13.2 Å². The van der Waals surface area contributed by atoms with E-state index >= 15 is 0 Å². The summed E-state index contributed by atoms with van der Waals surface area (Å²) in [7, 11) is -3.29. The van der Waals surface area contributed by atoms with E-state index in [0.717, 1.165) is 24.2 Å². The van der Waals surface area contributed by atoms with Gasteiger partial charge in [-0.3, -0.25) is 0 Å². The molecule has 1 aromatic rings. The highest BCUT2D eigenvalue weighted by Gasteiger charge is 2.11. The summed E-state index contributed by atoms with van der Waals surface area (Å²) in [5, 5.41) is 3.23. The molecule has 0 heterocycles. The van der Waals surface area contributed by atoms with Gasteiger partial charge in [0, 0.05) is 26.3 Å². The molecule has 6 heteroatoms. The van der Waals surface area contributed by atoms with Crippen LogP contribution in [0.15, 0.2) is 24.3 Å². The molecule has 0 saturated heterocycles. The predicted molar refractivity (Wildman–Crippen MR) is 85.6 cm³/mol. The van der Waals surface area contributed by atoms with E-state index in [1.54, 1.807) is 0 Å². The predicted octanol–water partition coefficient (Wildman–Crippen LogP) is 1.64. The molecule has 1 rings (SSSR count). The van der Waals surface area contributed by atoms with Gasteiger partial charge in [0.25, 0.3) is 0 Å². The molecule has 0 aliphatic rings. The first-order valence-corrected chi connectivity index (χ1v) is 9.06. The van der Waals surface area contributed by atoms with Crippen molar-refractivity contribution in [1.82, 2.24) is 10.0 Å². The van der Waals surface area contributed by atoms with E-state index in [4.69, 9.17) is 4.74 Å². The first kappa shape index (κ1) is 18.1. The second-order valence-corrected chi connectivity index (χ2v) is 6.61. The molecule has 1 aromatic carbocycles. The highest BCUT2D eigenvalue weighted by Crippen LogP contribution is 2.08. The molecule has 0 fully saturated rings. The number of hydrogen-bond donors (Lipinski definition) is 2. The second kappa shape index (κ2) is 9.89. The molecule has 5 nitrogen and oxygen atoms in total. The Hall–Kier alpha value is -0.950. The molecule has 0 aliphatic carbocycles. The summed E-state index contributed by atoms with van der Waals surface area (Å²) in [6, 6.07) is 7.66. The maximum Gasteiger partial charge on any atom is 0.215 e. The van der Waals surface area contributed by atoms with Gasteiger partial charge >= 0.3 is 0 Å². The molecule has 120 valence electrons. The van der Waals surface area contributed by atoms with E-state index in [0.29, 0.717) is 26.2 Å². The van der Waals surface area contributed by atoms with E-state index in [1.165, 1.54) is 0 Å². The Morgan fingerprint density at radius 2 is 1.95 bits per heavy atom. The van der Waals surface area contributed by atoms with Gasteiger partial charge in [-0.2, -0.15) is 0 Å². The summed E-state index contributed by atoms with van der Waals surface area (Å²) in [6.07, 6.45) is 0.688. The third-order valence-corrected chi connectivity index (χ3v) is 4.28. The maximum absolute atomic E-state index is 12.0. The van der Waals surface area contributed by atoms with Crippen LogP contribution >= 0.6 is 0 Å². The molecule has 21 heavy (non-hydrogen) atoms. The van der Waals surface area contributed by atoms with Crippen LogP contribution in [0.4, 0.5) is 0 Å². The van der Waals surface area contributed by atoms with Crippen molar-refractivity contribution in [3.63, 3.8) is 0 Å². The SMILES string of the molecule is CCNCc1cccc(CS(=O)(=O)NCCCOCC)c1. The molecule has 0 atom stereocenters. The zero-order chi connectivity index (χ0) is 15.6. The Balaban J connectivity index is 2.46. The van der Waals surface area contributed by atoms with Gasteiger partial charge in [-0.05, 0) is 31.0 Å². The lowest BCUT2D eigenvalue weighted by atomic mass is 10.1. The van der Waals surface area contributed by atoms with Crippen LogP contribution in [0.3, 0.4) is 0 Å². The lowest BCUT2D eigenvalue weighted by Crippen LogP contribution is -2.27. The van der Waals surface area contributed by atoms with Crippen LogP contribution in [0.1, 0.15) is 31.4 Å². The van der Waals surface area contributed by atoms with Crippen LogP contribution in [-0.4, -0.2) is 34.7 Å². The van der Waals surface area contributed by atoms with E-state index < -0.39 is 10.0 Å². The third-order valence-electron chi connectivity index (χ3n) is 2.92. The van der Waals surface area contributed by atoms with E-state index in [9.17, 15) is 8.42 Å². The van der Waals surface area contributed by atoms with Gasteiger partial charge in [-0.1, -0.05) is 31.2 Å². The smallest absolute Gasteiger partial charge is 0.215 e. The highest BCUT2D eigenvalue weighted by atomic mass is 32.2. The number of ether oxygens (including phenoxy) is 1. The van der Waals surface area contributed by atoms with E-state index in [2.05, 4.69) is 10.0 Å². The van der Waals surface area contributed by atoms with Gasteiger partial charge in [0.05, 0.1) is 5.75 Å². The highest BCUT2D eigenvalue weighted by molar-refractivity contribution is 7.88. The fourth-order valence-corrected chi connectivity index (χ4v) is 3.09. The molecule has 0 aromatic heterocycles. The minimum absolute atomic E-state index is 0.0155. The Labute approximate surface area is 128 Å². The summed E-state index contributed by atoms with van der Waals surface area (Å²) >= 11 is 0. The first-order chi connectivity index (χ1) is 10.1. The van der Waals surface area contributed by atoms with Crippen LogP contribution in [0.2, 0.25) is 0 Å². The molecule has 0 spiro atoms. The van der Waals surface area contributed by atoms with Crippen molar-refractivity contribution >= 4 is 10.0 Å². The average molecular weight is 314 g/mol. The second-order valence-electron chi connectivity index (χ2n) is 4.80. The number of hydrogen-bond acceptors (Lipinski definition) is 4. The van der Waals surface area contributed by atoms with Gasteiger partial charge in [-0.25, -0.2) is 13.1 Å². The fraction of sp³-hybridized carbons (Fsp3) is 0.600. The van der Waals surface area contributed by atoms with Crippen molar-refractivity contribution in [3.05, 3.63) is 35.4 Å². The fourth-order valence-electron chi connectivity index (χ4n) is 1.92. The summed E-state index contributed by atoms with van der Waals surface area (Å²) in [6.45, 7) is 7.27. The Kier molecular flexibility index (Phi) is 8.52. The van der Waals surface area contributed by atoms with Crippen molar-refractivity contribution in [3.8, 4) is 0 Å². The largest absolute Gasteiger partial charge is 0.382 e. The van der Waals surface area contributed by atoms with Crippen molar-refractivity contribution in [2.75, 3.05) is 26.3 Å². The molecule has 0 unspecified atom stereocenters. The summed E-state index contributed by atoms with van der Waals surface area (Å²) < 4.78 is 31.8. The standard InChI is InChI=1S/C15H26N2O3S/c1-3-16-12-14-7-5-8-15(11-14)13-21(18,19)17-9-6-10-20-4-2/h5,7-8,11,16-17H,3-4,6,9-10,12-13H2,1-2H3. The van der Waals surface area contributed by atoms with Gasteiger partial charge in [0.15, 0.2) is 0 Å². The van der Waals surface area contributed by atoms with Gasteiger partial charge < -0.3 is 10.1 Å². The quantitative estimate of drug-likeness (QED) is 0.609. The molecule has 0 bridgehead atoms. The molecule has 0 radical (unpaired) electrons. The third kappa shape index (κ3) is 8.16. The molecule has 2 N–H and O–H groups in total. The summed E-state index contributed by atoms with van der Waals surface area (Å²) in [4.78, 5) is 0. The number of benzene rings is 1. The Bertz CT molecular complexity index is 503. The number of sulfonamides is 1. The molecule has 0 amide bonds. The van der Waals surface area contributed by atoms with Crippen molar-refractivity contribution in [1.29, 1.82) is 0 Å². The minimum Gasteiger partial charge on any atom is -0.382 e. The Morgan fingerprint density at radius 3 is 2.67 bits per heavy atom. The van der Waals surface area contributed by atoms with Gasteiger partial charge in [0.1, 0.15) is 0 Å². The zero-order valence-electron chi connectivity index (χ0n) is 12.9. The van der Waals surface area contributed by atoms with Crippen LogP contribution in [0.25, 0.3) is 0 Å². The Morgan fingerprint density at radius 1 is 1.19 bits per heavy atom. The monoisotopic (exact) mass is 314 g/mol. The lowest BCUT2D eigenvalue weighted by molar-refractivity contribution is 0.146. The first-order valence-electron chi connectivity index (χ1n) is 7.41. The molecule has 0 aliphatic heterocycles. The topological polar surface area (TPSA) is 67.4 Å². The number of rotatable bonds is 11. The van der Waals surface area contributed by atoms with Gasteiger partial charge in [0.2, 0.25) is 10.0 Å². The lowest BCUT2D eigenvalue weighted by Gasteiger charge is -2.08. The van der Waals surface area contributed by atoms with Crippen molar-refractivity contribution in [2.24, 2.45) is 0 Å². The maximum atomic E-state index is 12.0. The van der Waals surface area contributed by atoms with E-state index in [1.807, 2.05) is 38.1 Å². The van der Waals surface area contributed by atoms with E-state index in [-0.39, 0.29) is 5.75 Å². The van der Waals surface area contributed by atoms with Crippen LogP contribution in [0.5, 0.6) is 0 Å². The minimum atomic E-state index is -3.29. The van der Waals surface area contributed by atoms with Crippen molar-refractivity contribution in [2.45, 2.75) is 32.6 Å². The molecular weight excluding hydrogens is 288 g/mol. The molecular formula is C15H26N2O3S. The molecule has 0 saturated carbocycles. The van der Waals surface area contributed by atoms with Crippen LogP contribution in [-0.2, 0) is 27.1 Å². The normalized spacial score (nSPS) is 11.7. The number of nitrogens with one attached hydrogen (secondary N) is 2. The van der Waals surface area contributed by atoms with Gasteiger partial charge in [-0.15, -0.1) is 0 Å². The summed E-state index contributed by atoms with van der Waals surface area (Å²) in [5.41, 5.74) is 1.91. The van der Waals surface area contributed by atoms with Crippen LogP contribution < -0.4 is 10.0 Å². The van der Waals surface area contributed by atoms with Crippen LogP contribution in [0, 0.1) is 0 Å². The average Bonchev–Trinajstić information content (AvgIpc) is 2.44. The summed E-state index contributed by atoms with van der Waals surface area (Å²) in [5.74, 6) is 0.0155.